The van der Waals surface area contributed by atoms with E-state index < -0.39 is 11.8 Å². The average molecular weight is 470 g/mol. The number of benzene rings is 3. The molecule has 0 heterocycles. The predicted octanol–water partition coefficient (Wildman–Crippen LogP) is 4.38. The first-order valence-corrected chi connectivity index (χ1v) is 10.6. The quantitative estimate of drug-likeness (QED) is 0.291. The van der Waals surface area contributed by atoms with Crippen LogP contribution in [0, 0.1) is 0 Å². The van der Waals surface area contributed by atoms with E-state index in [0.29, 0.717) is 34.3 Å². The highest BCUT2D eigenvalue weighted by Crippen LogP contribution is 2.23. The lowest BCUT2D eigenvalue weighted by molar-refractivity contribution is -0.139. The van der Waals surface area contributed by atoms with Gasteiger partial charge in [-0.2, -0.15) is 5.10 Å². The fourth-order valence-corrected chi connectivity index (χ4v) is 3.23. The summed E-state index contributed by atoms with van der Waals surface area (Å²) in [6, 6.07) is 22.0. The molecule has 0 fully saturated rings. The molecule has 0 spiro atoms. The van der Waals surface area contributed by atoms with Crippen LogP contribution in [-0.4, -0.2) is 24.6 Å². The van der Waals surface area contributed by atoms with Crippen LogP contribution in [0.15, 0.2) is 77.9 Å². The van der Waals surface area contributed by atoms with Crippen molar-refractivity contribution < 1.29 is 14.3 Å². The largest absolute Gasteiger partial charge is 0.488 e. The Kier molecular flexibility index (Phi) is 8.66. The number of carbonyl (C=O) groups excluding carboxylic acids is 2. The maximum absolute atomic E-state index is 11.9. The maximum Gasteiger partial charge on any atom is 0.329 e. The van der Waals surface area contributed by atoms with Crippen LogP contribution < -0.4 is 15.5 Å². The highest BCUT2D eigenvalue weighted by atomic mass is 35.5. The fourth-order valence-electron chi connectivity index (χ4n) is 2.77. The Balaban J connectivity index is 1.50. The van der Waals surface area contributed by atoms with Crippen molar-refractivity contribution in [2.45, 2.75) is 13.0 Å². The van der Waals surface area contributed by atoms with Crippen LogP contribution in [0.5, 0.6) is 5.75 Å². The smallest absolute Gasteiger partial charge is 0.329 e. The molecule has 0 atom stereocenters. The van der Waals surface area contributed by atoms with Crippen LogP contribution in [0.1, 0.15) is 16.7 Å². The van der Waals surface area contributed by atoms with Crippen molar-refractivity contribution in [1.82, 2.24) is 10.7 Å². The summed E-state index contributed by atoms with van der Waals surface area (Å²) in [6.45, 7) is 0.584. The molecule has 164 valence electrons. The molecule has 3 aromatic carbocycles. The van der Waals surface area contributed by atoms with Gasteiger partial charge in [0.25, 0.3) is 0 Å². The predicted molar refractivity (Wildman–Crippen MR) is 126 cm³/mol. The molecular weight excluding hydrogens is 449 g/mol. The third-order valence-electron chi connectivity index (χ3n) is 4.44. The van der Waals surface area contributed by atoms with Gasteiger partial charge in [0.2, 0.25) is 0 Å². The molecule has 0 aliphatic rings. The van der Waals surface area contributed by atoms with Gasteiger partial charge in [0.1, 0.15) is 12.4 Å². The summed E-state index contributed by atoms with van der Waals surface area (Å²) in [5.74, 6) is -1.05. The lowest BCUT2D eigenvalue weighted by atomic mass is 10.1. The van der Waals surface area contributed by atoms with Gasteiger partial charge in [-0.3, -0.25) is 9.59 Å². The summed E-state index contributed by atoms with van der Waals surface area (Å²) >= 11 is 12.1. The number of hydrazone groups is 1. The summed E-state index contributed by atoms with van der Waals surface area (Å²) in [5.41, 5.74) is 4.70. The van der Waals surface area contributed by atoms with Crippen LogP contribution in [-0.2, 0) is 22.6 Å². The van der Waals surface area contributed by atoms with Crippen molar-refractivity contribution in [3.63, 3.8) is 0 Å². The molecule has 32 heavy (non-hydrogen) atoms. The SMILES string of the molecule is O=C(NCCc1ccccc1)C(=O)N/N=C\c1ccccc1OCc1ccc(Cl)cc1Cl. The molecule has 3 aromatic rings. The van der Waals surface area contributed by atoms with Gasteiger partial charge in [-0.25, -0.2) is 5.43 Å². The molecule has 0 saturated heterocycles. The van der Waals surface area contributed by atoms with Crippen molar-refractivity contribution in [3.8, 4) is 5.75 Å². The number of carbonyl (C=O) groups is 2. The van der Waals surface area contributed by atoms with Crippen molar-refractivity contribution in [1.29, 1.82) is 0 Å². The standard InChI is InChI=1S/C24H21Cl2N3O3/c25-20-11-10-19(21(26)14-20)16-32-22-9-5-4-8-18(22)15-28-29-24(31)23(30)27-13-12-17-6-2-1-3-7-17/h1-11,14-15H,12-13,16H2,(H,27,30)(H,29,31)/b28-15-. The van der Waals surface area contributed by atoms with Crippen molar-refractivity contribution in [3.05, 3.63) is 99.5 Å². The molecule has 0 aromatic heterocycles. The first kappa shape index (κ1) is 23.3. The Morgan fingerprint density at radius 3 is 2.47 bits per heavy atom. The van der Waals surface area contributed by atoms with Gasteiger partial charge in [-0.05, 0) is 36.2 Å². The second-order valence-electron chi connectivity index (χ2n) is 6.75. The van der Waals surface area contributed by atoms with Gasteiger partial charge in [-0.15, -0.1) is 0 Å². The molecule has 3 rings (SSSR count). The van der Waals surface area contributed by atoms with Gasteiger partial charge in [0.05, 0.1) is 6.21 Å². The Labute approximate surface area is 196 Å². The lowest BCUT2D eigenvalue weighted by Gasteiger charge is -2.10. The minimum Gasteiger partial charge on any atom is -0.488 e. The zero-order valence-corrected chi connectivity index (χ0v) is 18.6. The molecule has 0 saturated carbocycles. The molecule has 2 amide bonds. The number of ether oxygens (including phenoxy) is 1. The monoisotopic (exact) mass is 469 g/mol. The third-order valence-corrected chi connectivity index (χ3v) is 5.02. The number of para-hydroxylation sites is 1. The van der Waals surface area contributed by atoms with Gasteiger partial charge < -0.3 is 10.1 Å². The van der Waals surface area contributed by atoms with Gasteiger partial charge in [0, 0.05) is 27.7 Å². The van der Waals surface area contributed by atoms with Crippen molar-refractivity contribution in [2.24, 2.45) is 5.10 Å². The van der Waals surface area contributed by atoms with E-state index >= 15 is 0 Å². The zero-order chi connectivity index (χ0) is 22.8. The average Bonchev–Trinajstić information content (AvgIpc) is 2.80. The van der Waals surface area contributed by atoms with E-state index in [1.807, 2.05) is 42.5 Å². The number of nitrogens with one attached hydrogen (secondary N) is 2. The molecule has 0 aliphatic heterocycles. The maximum atomic E-state index is 11.9. The first-order chi connectivity index (χ1) is 15.5. The van der Waals surface area contributed by atoms with E-state index in [9.17, 15) is 9.59 Å². The minimum absolute atomic E-state index is 0.233. The number of nitrogens with zero attached hydrogens (tertiary/aromatic N) is 1. The van der Waals surface area contributed by atoms with Gasteiger partial charge >= 0.3 is 11.8 Å². The molecule has 0 aliphatic carbocycles. The van der Waals surface area contributed by atoms with Gasteiger partial charge in [0.15, 0.2) is 0 Å². The first-order valence-electron chi connectivity index (χ1n) is 9.84. The minimum atomic E-state index is -0.847. The molecule has 6 nitrogen and oxygen atoms in total. The van der Waals surface area contributed by atoms with Crippen LogP contribution in [0.4, 0.5) is 0 Å². The van der Waals surface area contributed by atoms with E-state index in [2.05, 4.69) is 15.8 Å². The molecular formula is C24H21Cl2N3O3. The Morgan fingerprint density at radius 2 is 1.69 bits per heavy atom. The van der Waals surface area contributed by atoms with Crippen LogP contribution >= 0.6 is 23.2 Å². The number of halogens is 2. The lowest BCUT2D eigenvalue weighted by Crippen LogP contribution is -2.38. The van der Waals surface area contributed by atoms with E-state index in [1.165, 1.54) is 6.21 Å². The highest BCUT2D eigenvalue weighted by Gasteiger charge is 2.12. The topological polar surface area (TPSA) is 79.8 Å². The second kappa shape index (κ2) is 11.9. The molecule has 2 N–H and O–H groups in total. The van der Waals surface area contributed by atoms with E-state index in [4.69, 9.17) is 27.9 Å². The summed E-state index contributed by atoms with van der Waals surface area (Å²) in [4.78, 5) is 23.9. The highest BCUT2D eigenvalue weighted by molar-refractivity contribution is 6.35. The Bertz CT molecular complexity index is 1100. The Morgan fingerprint density at radius 1 is 0.938 bits per heavy atom. The fraction of sp³-hybridized carbons (Fsp3) is 0.125. The normalized spacial score (nSPS) is 10.7. The molecule has 8 heteroatoms. The van der Waals surface area contributed by atoms with Crippen LogP contribution in [0.3, 0.4) is 0 Å². The third kappa shape index (κ3) is 7.11. The Hall–Kier alpha value is -3.35. The summed E-state index contributed by atoms with van der Waals surface area (Å²) < 4.78 is 5.83. The van der Waals surface area contributed by atoms with Crippen LogP contribution in [0.2, 0.25) is 10.0 Å². The van der Waals surface area contributed by atoms with Crippen molar-refractivity contribution >= 4 is 41.2 Å². The molecule has 0 bridgehead atoms. The van der Waals surface area contributed by atoms with Gasteiger partial charge in [-0.1, -0.05) is 71.7 Å². The number of amides is 2. The van der Waals surface area contributed by atoms with Crippen LogP contribution in [0.25, 0.3) is 0 Å². The van der Waals surface area contributed by atoms with Crippen molar-refractivity contribution in [2.75, 3.05) is 6.54 Å². The number of hydrogen-bond acceptors (Lipinski definition) is 4. The second-order valence-corrected chi connectivity index (χ2v) is 7.60. The summed E-state index contributed by atoms with van der Waals surface area (Å²) in [7, 11) is 0. The number of rotatable bonds is 8. The van der Waals surface area contributed by atoms with E-state index in [1.54, 1.807) is 30.3 Å². The van der Waals surface area contributed by atoms with E-state index in [0.717, 1.165) is 11.1 Å². The zero-order valence-electron chi connectivity index (χ0n) is 17.1. The van der Waals surface area contributed by atoms with E-state index in [-0.39, 0.29) is 6.61 Å². The summed E-state index contributed by atoms with van der Waals surface area (Å²) in [5, 5.41) is 7.49. The molecule has 0 radical (unpaired) electrons. The molecule has 0 unspecified atom stereocenters. The number of hydrogen-bond donors (Lipinski definition) is 2. The summed E-state index contributed by atoms with van der Waals surface area (Å²) in [6.07, 6.45) is 2.04.